The molecular weight excluding hydrogens is 324 g/mol. The molecule has 0 aliphatic heterocycles. The van der Waals surface area contributed by atoms with Crippen LogP contribution in [0.4, 0.5) is 11.4 Å². The van der Waals surface area contributed by atoms with E-state index >= 15 is 0 Å². The van der Waals surface area contributed by atoms with E-state index in [0.717, 1.165) is 36.9 Å². The fraction of sp³-hybridized carbons (Fsp3) is 0.364. The number of anilines is 2. The number of nitrogen functional groups attached to an aromatic ring is 1. The molecule has 1 aliphatic rings. The predicted molar refractivity (Wildman–Crippen MR) is 105 cm³/mol. The van der Waals surface area contributed by atoms with Crippen LogP contribution in [0.1, 0.15) is 36.8 Å². The van der Waals surface area contributed by atoms with Crippen molar-refractivity contribution in [2.45, 2.75) is 39.0 Å². The van der Waals surface area contributed by atoms with Gasteiger partial charge in [0.1, 0.15) is 5.78 Å². The van der Waals surface area contributed by atoms with Crippen molar-refractivity contribution in [3.05, 3.63) is 59.7 Å². The number of Topliss-reactive ketones (excluding diaryl/α,β-unsaturated/α-hetero) is 1. The van der Waals surface area contributed by atoms with Gasteiger partial charge in [-0.15, -0.1) is 0 Å². The van der Waals surface area contributed by atoms with E-state index in [0.29, 0.717) is 17.9 Å². The lowest BCUT2D eigenvalue weighted by atomic mass is 9.78. The number of carbonyl (C=O) groups is 2. The molecule has 0 radical (unpaired) electrons. The fourth-order valence-corrected chi connectivity index (χ4v) is 3.54. The van der Waals surface area contributed by atoms with Crippen molar-refractivity contribution in [2.75, 3.05) is 11.1 Å². The van der Waals surface area contributed by atoms with E-state index in [-0.39, 0.29) is 17.7 Å². The summed E-state index contributed by atoms with van der Waals surface area (Å²) in [5.41, 5.74) is 9.38. The van der Waals surface area contributed by atoms with Crippen molar-refractivity contribution in [1.29, 1.82) is 0 Å². The van der Waals surface area contributed by atoms with Crippen LogP contribution < -0.4 is 11.1 Å². The molecule has 1 fully saturated rings. The van der Waals surface area contributed by atoms with Gasteiger partial charge in [-0.25, -0.2) is 0 Å². The van der Waals surface area contributed by atoms with Gasteiger partial charge in [0.2, 0.25) is 5.91 Å². The average molecular weight is 350 g/mol. The maximum atomic E-state index is 12.5. The predicted octanol–water partition coefficient (Wildman–Crippen LogP) is 4.13. The maximum absolute atomic E-state index is 12.5. The molecule has 1 amide bonds. The summed E-state index contributed by atoms with van der Waals surface area (Å²) in [5.74, 6) is 0.401. The molecular formula is C22H26N2O2. The summed E-state index contributed by atoms with van der Waals surface area (Å²) in [6.45, 7) is 2.04. The molecule has 0 aromatic heterocycles. The zero-order valence-electron chi connectivity index (χ0n) is 15.2. The monoisotopic (exact) mass is 350 g/mol. The Hall–Kier alpha value is -2.62. The Morgan fingerprint density at radius 2 is 1.50 bits per heavy atom. The van der Waals surface area contributed by atoms with Crippen LogP contribution >= 0.6 is 0 Å². The number of aryl methyl sites for hydroxylation is 1. The third kappa shape index (κ3) is 4.72. The van der Waals surface area contributed by atoms with Crippen LogP contribution in [0.25, 0.3) is 0 Å². The van der Waals surface area contributed by atoms with Crippen molar-refractivity contribution in [1.82, 2.24) is 0 Å². The van der Waals surface area contributed by atoms with Crippen LogP contribution in [0.15, 0.2) is 48.5 Å². The van der Waals surface area contributed by atoms with Crippen molar-refractivity contribution in [3.8, 4) is 0 Å². The van der Waals surface area contributed by atoms with E-state index in [2.05, 4.69) is 5.32 Å². The maximum Gasteiger partial charge on any atom is 0.227 e. The highest BCUT2D eigenvalue weighted by atomic mass is 16.2. The minimum atomic E-state index is -0.0176. The first-order valence-corrected chi connectivity index (χ1v) is 9.26. The Labute approximate surface area is 154 Å². The summed E-state index contributed by atoms with van der Waals surface area (Å²) in [4.78, 5) is 25.0. The summed E-state index contributed by atoms with van der Waals surface area (Å²) >= 11 is 0. The molecule has 2 aromatic rings. The first kappa shape index (κ1) is 18.2. The van der Waals surface area contributed by atoms with Gasteiger partial charge in [-0.05, 0) is 62.4 Å². The molecule has 3 N–H and O–H groups in total. The summed E-state index contributed by atoms with van der Waals surface area (Å²) < 4.78 is 0. The Bertz CT molecular complexity index is 690. The van der Waals surface area contributed by atoms with Crippen LogP contribution in [0.5, 0.6) is 0 Å². The molecule has 26 heavy (non-hydrogen) atoms. The third-order valence-corrected chi connectivity index (χ3v) is 5.23. The number of benzene rings is 2. The van der Waals surface area contributed by atoms with Gasteiger partial charge in [0.15, 0.2) is 0 Å². The fourth-order valence-electron chi connectivity index (χ4n) is 3.54. The van der Waals surface area contributed by atoms with E-state index in [1.165, 1.54) is 5.56 Å². The summed E-state index contributed by atoms with van der Waals surface area (Å²) in [6.07, 6.45) is 3.62. The number of nitrogens with one attached hydrogen (secondary N) is 1. The standard InChI is InChI=1S/C22H26N2O2/c1-15-2-4-16(5-3-15)14-21(25)17-6-8-18(9-7-17)22(26)24-20-12-10-19(23)11-13-20/h2-5,10-13,17-18H,6-9,14,23H2,1H3,(H,24,26). The Balaban J connectivity index is 1.48. The summed E-state index contributed by atoms with van der Waals surface area (Å²) in [5, 5.41) is 2.95. The van der Waals surface area contributed by atoms with E-state index in [1.54, 1.807) is 12.1 Å². The van der Waals surface area contributed by atoms with Crippen LogP contribution in [-0.4, -0.2) is 11.7 Å². The smallest absolute Gasteiger partial charge is 0.227 e. The quantitative estimate of drug-likeness (QED) is 0.796. The third-order valence-electron chi connectivity index (χ3n) is 5.23. The zero-order valence-corrected chi connectivity index (χ0v) is 15.2. The molecule has 0 unspecified atom stereocenters. The van der Waals surface area contributed by atoms with Crippen LogP contribution in [0.2, 0.25) is 0 Å². The van der Waals surface area contributed by atoms with Gasteiger partial charge in [0.25, 0.3) is 0 Å². The molecule has 136 valence electrons. The SMILES string of the molecule is Cc1ccc(CC(=O)C2CCC(C(=O)Nc3ccc(N)cc3)CC2)cc1. The number of carbonyl (C=O) groups excluding carboxylic acids is 2. The largest absolute Gasteiger partial charge is 0.399 e. The first-order valence-electron chi connectivity index (χ1n) is 9.26. The lowest BCUT2D eigenvalue weighted by molar-refractivity contribution is -0.126. The second-order valence-electron chi connectivity index (χ2n) is 7.29. The van der Waals surface area contributed by atoms with Crippen molar-refractivity contribution in [3.63, 3.8) is 0 Å². The van der Waals surface area contributed by atoms with Gasteiger partial charge >= 0.3 is 0 Å². The topological polar surface area (TPSA) is 72.2 Å². The van der Waals surface area contributed by atoms with Gasteiger partial charge in [-0.1, -0.05) is 29.8 Å². The van der Waals surface area contributed by atoms with E-state index in [4.69, 9.17) is 5.73 Å². The lowest BCUT2D eigenvalue weighted by Crippen LogP contribution is -2.30. The Kier molecular flexibility index (Phi) is 5.71. The number of rotatable bonds is 5. The number of hydrogen-bond donors (Lipinski definition) is 2. The van der Waals surface area contributed by atoms with E-state index < -0.39 is 0 Å². The number of hydrogen-bond acceptors (Lipinski definition) is 3. The highest BCUT2D eigenvalue weighted by Gasteiger charge is 2.29. The summed E-state index contributed by atoms with van der Waals surface area (Å²) in [6, 6.07) is 15.3. The molecule has 3 rings (SSSR count). The number of amides is 1. The van der Waals surface area contributed by atoms with Crippen LogP contribution in [0.3, 0.4) is 0 Å². The van der Waals surface area contributed by atoms with Gasteiger partial charge in [0, 0.05) is 29.6 Å². The molecule has 4 nitrogen and oxygen atoms in total. The zero-order chi connectivity index (χ0) is 18.5. The molecule has 0 bridgehead atoms. The average Bonchev–Trinajstić information content (AvgIpc) is 2.65. The van der Waals surface area contributed by atoms with Crippen LogP contribution in [0, 0.1) is 18.8 Å². The Morgan fingerprint density at radius 1 is 0.923 bits per heavy atom. The molecule has 0 spiro atoms. The molecule has 0 atom stereocenters. The van der Waals surface area contributed by atoms with Gasteiger partial charge in [-0.3, -0.25) is 9.59 Å². The second-order valence-corrected chi connectivity index (χ2v) is 7.29. The number of nitrogens with two attached hydrogens (primary N) is 1. The second kappa shape index (κ2) is 8.17. The van der Waals surface area contributed by atoms with E-state index in [9.17, 15) is 9.59 Å². The van der Waals surface area contributed by atoms with Crippen molar-refractivity contribution >= 4 is 23.1 Å². The molecule has 2 aromatic carbocycles. The normalized spacial score (nSPS) is 19.7. The van der Waals surface area contributed by atoms with Crippen LogP contribution in [-0.2, 0) is 16.0 Å². The lowest BCUT2D eigenvalue weighted by Gasteiger charge is -2.27. The number of ketones is 1. The highest BCUT2D eigenvalue weighted by molar-refractivity contribution is 5.93. The molecule has 1 aliphatic carbocycles. The minimum Gasteiger partial charge on any atom is -0.399 e. The van der Waals surface area contributed by atoms with E-state index in [1.807, 2.05) is 43.3 Å². The van der Waals surface area contributed by atoms with Gasteiger partial charge in [-0.2, -0.15) is 0 Å². The van der Waals surface area contributed by atoms with Gasteiger partial charge in [0.05, 0.1) is 0 Å². The minimum absolute atomic E-state index is 0.0176. The molecule has 1 saturated carbocycles. The van der Waals surface area contributed by atoms with Crippen molar-refractivity contribution < 1.29 is 9.59 Å². The highest BCUT2D eigenvalue weighted by Crippen LogP contribution is 2.31. The Morgan fingerprint density at radius 3 is 2.12 bits per heavy atom. The molecule has 4 heteroatoms. The molecule has 0 heterocycles. The molecule has 0 saturated heterocycles. The summed E-state index contributed by atoms with van der Waals surface area (Å²) in [7, 11) is 0. The van der Waals surface area contributed by atoms with Gasteiger partial charge < -0.3 is 11.1 Å². The van der Waals surface area contributed by atoms with Crippen molar-refractivity contribution in [2.24, 2.45) is 11.8 Å². The first-order chi connectivity index (χ1) is 12.5.